The molecule has 0 aromatic heterocycles. The minimum atomic E-state index is -1.60. The molecule has 0 spiro atoms. The maximum atomic E-state index is 13.6. The number of hydrogen-bond acceptors (Lipinski definition) is 13. The van der Waals surface area contributed by atoms with Crippen molar-refractivity contribution in [3.63, 3.8) is 0 Å². The van der Waals surface area contributed by atoms with Crippen molar-refractivity contribution in [2.24, 2.45) is 23.1 Å². The van der Waals surface area contributed by atoms with Crippen molar-refractivity contribution in [1.82, 2.24) is 31.9 Å². The molecule has 0 radical (unpaired) electrons. The highest BCUT2D eigenvalue weighted by molar-refractivity contribution is 7.98. The predicted molar refractivity (Wildman–Crippen MR) is 196 cm³/mol. The number of nitrogens with one attached hydrogen (secondary N) is 6. The van der Waals surface area contributed by atoms with Crippen molar-refractivity contribution in [3.8, 4) is 0 Å². The van der Waals surface area contributed by atoms with Crippen LogP contribution >= 0.6 is 11.8 Å². The number of carbonyl (C=O) groups is 10. The molecule has 55 heavy (non-hydrogen) atoms. The van der Waals surface area contributed by atoms with E-state index in [1.165, 1.54) is 18.7 Å². The molecule has 0 unspecified atom stereocenters. The van der Waals surface area contributed by atoms with Crippen molar-refractivity contribution in [2.75, 3.05) is 18.6 Å². The van der Waals surface area contributed by atoms with Crippen LogP contribution in [0.4, 0.5) is 0 Å². The van der Waals surface area contributed by atoms with Gasteiger partial charge in [-0.15, -0.1) is 0 Å². The van der Waals surface area contributed by atoms with Crippen molar-refractivity contribution >= 4 is 71.0 Å². The van der Waals surface area contributed by atoms with E-state index in [2.05, 4.69) is 31.9 Å². The van der Waals surface area contributed by atoms with Crippen molar-refractivity contribution in [2.45, 2.75) is 114 Å². The Morgan fingerprint density at radius 3 is 1.45 bits per heavy atom. The van der Waals surface area contributed by atoms with Crippen LogP contribution in [0.2, 0.25) is 0 Å². The van der Waals surface area contributed by atoms with E-state index in [1.807, 2.05) is 0 Å². The zero-order valence-corrected chi connectivity index (χ0v) is 32.1. The van der Waals surface area contributed by atoms with Crippen LogP contribution in [0.15, 0.2) is 0 Å². The Balaban J connectivity index is 5.98. The van der Waals surface area contributed by atoms with Gasteiger partial charge in [0.25, 0.3) is 0 Å². The third-order valence-electron chi connectivity index (χ3n) is 7.76. The summed E-state index contributed by atoms with van der Waals surface area (Å²) in [5, 5.41) is 42.3. The average Bonchev–Trinajstić information content (AvgIpc) is 3.09. The molecule has 7 atom stereocenters. The monoisotopic (exact) mass is 805 g/mol. The Morgan fingerprint density at radius 1 is 0.564 bits per heavy atom. The van der Waals surface area contributed by atoms with Gasteiger partial charge in [0.15, 0.2) is 0 Å². The number of thioether (sulfide) groups is 1. The van der Waals surface area contributed by atoms with Gasteiger partial charge in [0, 0.05) is 19.3 Å². The molecule has 0 aliphatic rings. The van der Waals surface area contributed by atoms with E-state index < -0.39 is 115 Å². The first-order valence-corrected chi connectivity index (χ1v) is 18.7. The zero-order valence-electron chi connectivity index (χ0n) is 31.3. The third-order valence-corrected chi connectivity index (χ3v) is 8.41. The van der Waals surface area contributed by atoms with Gasteiger partial charge >= 0.3 is 11.9 Å². The molecule has 0 saturated heterocycles. The lowest BCUT2D eigenvalue weighted by Gasteiger charge is -2.27. The van der Waals surface area contributed by atoms with Gasteiger partial charge in [-0.05, 0) is 57.0 Å². The number of amides is 8. The van der Waals surface area contributed by atoms with Crippen LogP contribution in [-0.2, 0) is 47.9 Å². The van der Waals surface area contributed by atoms with E-state index in [9.17, 15) is 58.2 Å². The van der Waals surface area contributed by atoms with Gasteiger partial charge in [-0.2, -0.15) is 11.8 Å². The molecular formula is C32H55N9O13S. The smallest absolute Gasteiger partial charge is 0.326 e. The molecule has 8 amide bonds. The van der Waals surface area contributed by atoms with Gasteiger partial charge in [-0.25, -0.2) is 4.79 Å². The molecule has 23 heteroatoms. The molecule has 0 aliphatic carbocycles. The summed E-state index contributed by atoms with van der Waals surface area (Å²) in [6.45, 7) is 3.80. The summed E-state index contributed by atoms with van der Waals surface area (Å²) in [5.74, 6) is -9.70. The second-order valence-electron chi connectivity index (χ2n) is 13.0. The van der Waals surface area contributed by atoms with E-state index in [1.54, 1.807) is 20.1 Å². The number of aliphatic carboxylic acids is 2. The Hall–Kier alpha value is -5.03. The lowest BCUT2D eigenvalue weighted by Crippen LogP contribution is -2.60. The first kappa shape index (κ1) is 50.0. The topological polar surface area (TPSA) is 382 Å². The Morgan fingerprint density at radius 2 is 1.00 bits per heavy atom. The minimum Gasteiger partial charge on any atom is -0.481 e. The van der Waals surface area contributed by atoms with E-state index in [0.717, 1.165) is 0 Å². The van der Waals surface area contributed by atoms with Crippen LogP contribution in [0.1, 0.15) is 72.1 Å². The van der Waals surface area contributed by atoms with Crippen LogP contribution < -0.4 is 49.1 Å². The molecule has 0 saturated carbocycles. The highest BCUT2D eigenvalue weighted by Crippen LogP contribution is 2.10. The standard InChI is InChI=1S/C32H55N9O13S/c1-15(2)13-21(30(51)37-18(6-8-23(34)43)28(49)39-20(32(53)54)7-9-24(35)44)40-29(50)19(11-12-55-4)38-31(52)22(14-42)41-26(47)16(3)36-27(48)17(33)5-10-25(45)46/h15-22,42H,5-14,33H2,1-4H3,(H2,34,43)(H2,35,44)(H,36,48)(H,37,51)(H,38,52)(H,39,49)(H,40,50)(H,41,47)(H,45,46)(H,53,54)/t16-,17-,18-,19-,20-,21-,22-/m0/s1. The van der Waals surface area contributed by atoms with Crippen molar-refractivity contribution < 1.29 is 63.3 Å². The quantitative estimate of drug-likeness (QED) is 0.0355. The molecule has 0 aliphatic heterocycles. The number of rotatable bonds is 28. The van der Waals surface area contributed by atoms with E-state index in [-0.39, 0.29) is 50.9 Å². The molecule has 0 bridgehead atoms. The summed E-state index contributed by atoms with van der Waals surface area (Å²) in [6.07, 6.45) is -0.299. The maximum absolute atomic E-state index is 13.6. The molecule has 0 aromatic carbocycles. The second kappa shape index (κ2) is 25.9. The van der Waals surface area contributed by atoms with E-state index in [4.69, 9.17) is 22.3 Å². The number of carboxylic acids is 2. The summed E-state index contributed by atoms with van der Waals surface area (Å²) in [4.78, 5) is 124. The fourth-order valence-electron chi connectivity index (χ4n) is 4.68. The number of primary amides is 2. The molecule has 0 heterocycles. The molecule has 22 nitrogen and oxygen atoms in total. The van der Waals surface area contributed by atoms with Gasteiger partial charge in [-0.1, -0.05) is 13.8 Å². The molecule has 0 aromatic rings. The predicted octanol–water partition coefficient (Wildman–Crippen LogP) is -4.49. The Bertz CT molecular complexity index is 1380. The van der Waals surface area contributed by atoms with Gasteiger partial charge in [0.1, 0.15) is 36.3 Å². The van der Waals surface area contributed by atoms with Crippen LogP contribution in [0.3, 0.4) is 0 Å². The normalized spacial score (nSPS) is 14.7. The lowest BCUT2D eigenvalue weighted by molar-refractivity contribution is -0.143. The van der Waals surface area contributed by atoms with Gasteiger partial charge < -0.3 is 64.4 Å². The second-order valence-corrected chi connectivity index (χ2v) is 14.0. The Kier molecular flexibility index (Phi) is 23.5. The summed E-state index contributed by atoms with van der Waals surface area (Å²) < 4.78 is 0. The number of hydrogen-bond donors (Lipinski definition) is 12. The highest BCUT2D eigenvalue weighted by Gasteiger charge is 2.33. The first-order valence-electron chi connectivity index (χ1n) is 17.3. The van der Waals surface area contributed by atoms with Crippen molar-refractivity contribution in [1.29, 1.82) is 0 Å². The number of carboxylic acid groups (broad SMARTS) is 2. The summed E-state index contributed by atoms with van der Waals surface area (Å²) in [7, 11) is 0. The number of carbonyl (C=O) groups excluding carboxylic acids is 8. The Labute approximate surface area is 321 Å². The van der Waals surface area contributed by atoms with Crippen LogP contribution in [0.5, 0.6) is 0 Å². The van der Waals surface area contributed by atoms with Gasteiger partial charge in [-0.3, -0.25) is 43.2 Å². The molecular weight excluding hydrogens is 750 g/mol. The fraction of sp³-hybridized carbons (Fsp3) is 0.688. The number of aliphatic hydroxyl groups excluding tert-OH is 1. The van der Waals surface area contributed by atoms with E-state index in [0.29, 0.717) is 5.75 Å². The number of aliphatic hydroxyl groups is 1. The van der Waals surface area contributed by atoms with Crippen molar-refractivity contribution in [3.05, 3.63) is 0 Å². The summed E-state index contributed by atoms with van der Waals surface area (Å²) >= 11 is 1.32. The largest absolute Gasteiger partial charge is 0.481 e. The van der Waals surface area contributed by atoms with Crippen LogP contribution in [0, 0.1) is 5.92 Å². The highest BCUT2D eigenvalue weighted by atomic mass is 32.2. The van der Waals surface area contributed by atoms with Gasteiger partial charge in [0.05, 0.1) is 12.6 Å². The zero-order chi connectivity index (χ0) is 42.4. The molecule has 0 fully saturated rings. The average molecular weight is 806 g/mol. The first-order chi connectivity index (χ1) is 25.6. The SMILES string of the molecule is CSCC[C@H](NC(=O)[C@H](CO)NC(=O)[C@H](C)NC(=O)[C@@H](N)CCC(=O)O)C(=O)N[C@@H](CC(C)C)C(=O)N[C@@H](CCC(N)=O)C(=O)N[C@@H](CCC(N)=O)C(=O)O. The number of nitrogens with two attached hydrogens (primary N) is 3. The minimum absolute atomic E-state index is 0.0141. The molecule has 312 valence electrons. The van der Waals surface area contributed by atoms with E-state index >= 15 is 0 Å². The van der Waals surface area contributed by atoms with Crippen LogP contribution in [0.25, 0.3) is 0 Å². The fourth-order valence-corrected chi connectivity index (χ4v) is 5.15. The molecule has 0 rings (SSSR count). The third kappa shape index (κ3) is 20.9. The summed E-state index contributed by atoms with van der Waals surface area (Å²) in [6, 6.07) is -9.81. The summed E-state index contributed by atoms with van der Waals surface area (Å²) in [5.41, 5.74) is 16.0. The lowest BCUT2D eigenvalue weighted by atomic mass is 10.0. The van der Waals surface area contributed by atoms with Crippen LogP contribution in [-0.4, -0.2) is 135 Å². The molecule has 15 N–H and O–H groups in total. The van der Waals surface area contributed by atoms with Gasteiger partial charge in [0.2, 0.25) is 47.3 Å². The maximum Gasteiger partial charge on any atom is 0.326 e.